The first-order valence-corrected chi connectivity index (χ1v) is 10.1. The Kier molecular flexibility index (Phi) is 5.52. The molecule has 1 aromatic carbocycles. The zero-order chi connectivity index (χ0) is 20.6. The van der Waals surface area contributed by atoms with Gasteiger partial charge in [-0.2, -0.15) is 0 Å². The Bertz CT molecular complexity index is 1150. The summed E-state index contributed by atoms with van der Waals surface area (Å²) in [5.74, 6) is -0.335. The van der Waals surface area contributed by atoms with E-state index < -0.39 is 10.2 Å². The van der Waals surface area contributed by atoms with Gasteiger partial charge in [0.1, 0.15) is 4.83 Å². The summed E-state index contributed by atoms with van der Waals surface area (Å²) in [6.45, 7) is 5.54. The van der Waals surface area contributed by atoms with Crippen LogP contribution in [-0.4, -0.2) is 25.6 Å². The van der Waals surface area contributed by atoms with Gasteiger partial charge in [0.25, 0.3) is 11.2 Å². The Morgan fingerprint density at radius 2 is 2.11 bits per heavy atom. The van der Waals surface area contributed by atoms with Crippen molar-refractivity contribution in [3.05, 3.63) is 55.2 Å². The molecule has 0 radical (unpaired) electrons. The maximum atomic E-state index is 12.7. The predicted molar refractivity (Wildman–Crippen MR) is 111 cm³/mol. The van der Waals surface area contributed by atoms with Crippen molar-refractivity contribution in [2.75, 3.05) is 5.32 Å². The number of thiophene rings is 1. The van der Waals surface area contributed by atoms with E-state index in [4.69, 9.17) is 0 Å². The Morgan fingerprint density at radius 3 is 2.79 bits per heavy atom. The summed E-state index contributed by atoms with van der Waals surface area (Å²) in [7, 11) is 1.63. The maximum Gasteiger partial charge on any atom is 0.271 e. The largest absolute Gasteiger partial charge is 0.325 e. The van der Waals surface area contributed by atoms with Crippen LogP contribution in [0.1, 0.15) is 17.4 Å². The molecule has 8 nitrogen and oxygen atoms in total. The second-order valence-electron chi connectivity index (χ2n) is 6.28. The van der Waals surface area contributed by atoms with E-state index in [0.717, 1.165) is 22.2 Å². The third-order valence-corrected chi connectivity index (χ3v) is 6.59. The van der Waals surface area contributed by atoms with Crippen LogP contribution in [0.15, 0.2) is 34.2 Å². The quantitative estimate of drug-likeness (QED) is 0.293. The monoisotopic (exact) mass is 418 g/mol. The zero-order valence-corrected chi connectivity index (χ0v) is 17.3. The van der Waals surface area contributed by atoms with Gasteiger partial charge < -0.3 is 5.32 Å². The van der Waals surface area contributed by atoms with E-state index in [0.29, 0.717) is 21.1 Å². The van der Waals surface area contributed by atoms with E-state index in [2.05, 4.69) is 10.3 Å². The number of nitro groups is 1. The molecular formula is C18H18N4O4S2. The summed E-state index contributed by atoms with van der Waals surface area (Å²) < 4.78 is 1.45. The lowest BCUT2D eigenvalue weighted by Crippen LogP contribution is -2.25. The fourth-order valence-electron chi connectivity index (χ4n) is 2.61. The number of benzene rings is 1. The summed E-state index contributed by atoms with van der Waals surface area (Å²) in [6, 6.07) is 5.74. The number of thioether (sulfide) groups is 1. The van der Waals surface area contributed by atoms with Crippen LogP contribution < -0.4 is 10.9 Å². The van der Waals surface area contributed by atoms with Gasteiger partial charge in [0.15, 0.2) is 5.16 Å². The second-order valence-corrected chi connectivity index (χ2v) is 8.79. The molecular weight excluding hydrogens is 400 g/mol. The molecule has 1 atom stereocenters. The van der Waals surface area contributed by atoms with Gasteiger partial charge in [-0.3, -0.25) is 24.3 Å². The number of nitro benzene ring substituents is 1. The molecule has 1 N–H and O–H groups in total. The van der Waals surface area contributed by atoms with Crippen LogP contribution in [0.3, 0.4) is 0 Å². The lowest BCUT2D eigenvalue weighted by Gasteiger charge is -2.13. The summed E-state index contributed by atoms with van der Waals surface area (Å²) in [6.07, 6.45) is 0. The highest BCUT2D eigenvalue weighted by Gasteiger charge is 2.20. The number of nitrogens with zero attached hydrogens (tertiary/aromatic N) is 3. The number of aryl methyl sites for hydroxylation is 2. The summed E-state index contributed by atoms with van der Waals surface area (Å²) in [5, 5.41) is 14.0. The van der Waals surface area contributed by atoms with Crippen molar-refractivity contribution < 1.29 is 9.72 Å². The summed E-state index contributed by atoms with van der Waals surface area (Å²) in [5.41, 5.74) is 1.03. The highest BCUT2D eigenvalue weighted by molar-refractivity contribution is 8.00. The predicted octanol–water partition coefficient (Wildman–Crippen LogP) is 3.64. The molecule has 146 valence electrons. The Hall–Kier alpha value is -2.72. The Balaban J connectivity index is 1.82. The number of nitrogens with one attached hydrogen (secondary N) is 1. The minimum Gasteiger partial charge on any atom is -0.325 e. The van der Waals surface area contributed by atoms with Crippen LogP contribution in [0.2, 0.25) is 0 Å². The lowest BCUT2D eigenvalue weighted by atomic mass is 10.2. The van der Waals surface area contributed by atoms with E-state index in [1.54, 1.807) is 20.0 Å². The smallest absolute Gasteiger partial charge is 0.271 e. The number of carbonyl (C=O) groups excluding carboxylic acids is 1. The third kappa shape index (κ3) is 3.78. The molecule has 10 heteroatoms. The SMILES string of the molecule is Cc1sc2nc(SC(C)C(=O)Nc3cccc([N+](=O)[O-])c3)n(C)c(=O)c2c1C. The van der Waals surface area contributed by atoms with Crippen LogP contribution in [0, 0.1) is 24.0 Å². The molecule has 0 fully saturated rings. The number of anilines is 1. The minimum absolute atomic E-state index is 0.101. The number of aromatic nitrogens is 2. The molecule has 3 rings (SSSR count). The molecule has 0 saturated carbocycles. The average Bonchev–Trinajstić information content (AvgIpc) is 2.93. The molecule has 0 bridgehead atoms. The fourth-order valence-corrected chi connectivity index (χ4v) is 4.56. The molecule has 1 amide bonds. The molecule has 0 aliphatic rings. The number of non-ortho nitro benzene ring substituents is 1. The molecule has 0 aliphatic carbocycles. The van der Waals surface area contributed by atoms with Gasteiger partial charge in [-0.15, -0.1) is 11.3 Å². The van der Waals surface area contributed by atoms with Gasteiger partial charge in [-0.1, -0.05) is 17.8 Å². The topological polar surface area (TPSA) is 107 Å². The van der Waals surface area contributed by atoms with Gasteiger partial charge in [-0.05, 0) is 32.4 Å². The minimum atomic E-state index is -0.558. The van der Waals surface area contributed by atoms with Crippen LogP contribution >= 0.6 is 23.1 Å². The molecule has 0 aliphatic heterocycles. The molecule has 3 aromatic rings. The van der Waals surface area contributed by atoms with Crippen molar-refractivity contribution in [1.82, 2.24) is 9.55 Å². The molecule has 28 heavy (non-hydrogen) atoms. The van der Waals surface area contributed by atoms with Crippen molar-refractivity contribution in [1.29, 1.82) is 0 Å². The van der Waals surface area contributed by atoms with Crippen LogP contribution in [0.5, 0.6) is 0 Å². The molecule has 2 heterocycles. The first-order chi connectivity index (χ1) is 13.2. The molecule has 0 saturated heterocycles. The number of amides is 1. The van der Waals surface area contributed by atoms with Crippen LogP contribution in [-0.2, 0) is 11.8 Å². The van der Waals surface area contributed by atoms with Gasteiger partial charge in [0, 0.05) is 29.7 Å². The highest BCUT2D eigenvalue weighted by Crippen LogP contribution is 2.29. The first kappa shape index (κ1) is 20.0. The lowest BCUT2D eigenvalue weighted by molar-refractivity contribution is -0.384. The molecule has 1 unspecified atom stereocenters. The number of rotatable bonds is 5. The second kappa shape index (κ2) is 7.72. The number of hydrogen-bond donors (Lipinski definition) is 1. The van der Waals surface area contributed by atoms with Gasteiger partial charge in [0.05, 0.1) is 15.6 Å². The maximum absolute atomic E-state index is 12.7. The van der Waals surface area contributed by atoms with Crippen molar-refractivity contribution in [3.63, 3.8) is 0 Å². The third-order valence-electron chi connectivity index (χ3n) is 4.35. The number of carbonyl (C=O) groups is 1. The van der Waals surface area contributed by atoms with E-state index >= 15 is 0 Å². The zero-order valence-electron chi connectivity index (χ0n) is 15.7. The summed E-state index contributed by atoms with van der Waals surface area (Å²) >= 11 is 2.62. The van der Waals surface area contributed by atoms with E-state index in [1.807, 2.05) is 13.8 Å². The average molecular weight is 419 g/mol. The van der Waals surface area contributed by atoms with E-state index in [9.17, 15) is 19.7 Å². The van der Waals surface area contributed by atoms with Crippen LogP contribution in [0.25, 0.3) is 10.2 Å². The number of hydrogen-bond acceptors (Lipinski definition) is 7. The Labute approximate surface area is 168 Å². The Morgan fingerprint density at radius 1 is 1.39 bits per heavy atom. The van der Waals surface area contributed by atoms with Gasteiger partial charge >= 0.3 is 0 Å². The standard InChI is InChI=1S/C18H18N4O4S2/c1-9-10(2)27-16-14(9)17(24)21(4)18(20-16)28-11(3)15(23)19-12-6-5-7-13(8-12)22(25)26/h5-8,11H,1-4H3,(H,19,23). The van der Waals surface area contributed by atoms with Crippen molar-refractivity contribution in [3.8, 4) is 0 Å². The van der Waals surface area contributed by atoms with Crippen molar-refractivity contribution in [2.45, 2.75) is 31.2 Å². The highest BCUT2D eigenvalue weighted by atomic mass is 32.2. The summed E-state index contributed by atoms with van der Waals surface area (Å²) in [4.78, 5) is 41.8. The molecule has 2 aromatic heterocycles. The van der Waals surface area contributed by atoms with Crippen molar-refractivity contribution >= 4 is 50.6 Å². The normalized spacial score (nSPS) is 12.1. The van der Waals surface area contributed by atoms with Crippen LogP contribution in [0.4, 0.5) is 11.4 Å². The first-order valence-electron chi connectivity index (χ1n) is 8.37. The fraction of sp³-hybridized carbons (Fsp3) is 0.278. The van der Waals surface area contributed by atoms with Crippen molar-refractivity contribution in [2.24, 2.45) is 7.05 Å². The van der Waals surface area contributed by atoms with E-state index in [1.165, 1.54) is 34.1 Å². The number of fused-ring (bicyclic) bond motifs is 1. The van der Waals surface area contributed by atoms with Gasteiger partial charge in [0.2, 0.25) is 5.91 Å². The van der Waals surface area contributed by atoms with E-state index in [-0.39, 0.29) is 17.2 Å². The van der Waals surface area contributed by atoms with Gasteiger partial charge in [-0.25, -0.2) is 4.98 Å². The molecule has 0 spiro atoms.